The molecule has 82 valence electrons. The van der Waals surface area contributed by atoms with Crippen molar-refractivity contribution in [1.82, 2.24) is 0 Å². The Hall–Kier alpha value is -1.15. The highest BCUT2D eigenvalue weighted by Gasteiger charge is 2.32. The molecule has 0 nitrogen and oxygen atoms in total. The van der Waals surface area contributed by atoms with Crippen LogP contribution in [0.3, 0.4) is 0 Å². The molecule has 2 aromatic carbocycles. The predicted molar refractivity (Wildman–Crippen MR) is 68.6 cm³/mol. The topological polar surface area (TPSA) is 0 Å². The average molecular weight is 279 g/mol. The zero-order valence-electron chi connectivity index (χ0n) is 8.74. The van der Waals surface area contributed by atoms with Crippen LogP contribution in [-0.4, -0.2) is 5.33 Å². The fourth-order valence-electron chi connectivity index (χ4n) is 1.73. The fraction of sp³-hybridized carbons (Fsp3) is 0.143. The van der Waals surface area contributed by atoms with Gasteiger partial charge >= 0.3 is 0 Å². The second-order valence-corrected chi connectivity index (χ2v) is 4.23. The summed E-state index contributed by atoms with van der Waals surface area (Å²) in [5.41, 5.74) is -0.0983. The van der Waals surface area contributed by atoms with E-state index in [9.17, 15) is 4.39 Å². The van der Waals surface area contributed by atoms with Gasteiger partial charge in [-0.1, -0.05) is 76.6 Å². The van der Waals surface area contributed by atoms with Gasteiger partial charge in [0, 0.05) is 5.33 Å². The SMILES string of the molecule is FC(CBr)(c1ccccc1)c1ccccc1. The Morgan fingerprint density at radius 3 is 1.50 bits per heavy atom. The first kappa shape index (κ1) is 11.3. The molecular formula is C14H12BrF. The molecule has 0 aliphatic carbocycles. The lowest BCUT2D eigenvalue weighted by molar-refractivity contribution is 0.260. The smallest absolute Gasteiger partial charge is 0.170 e. The van der Waals surface area contributed by atoms with Crippen molar-refractivity contribution in [2.45, 2.75) is 5.67 Å². The molecule has 0 bridgehead atoms. The molecule has 16 heavy (non-hydrogen) atoms. The Balaban J connectivity index is 2.49. The normalized spacial score (nSPS) is 11.4. The molecule has 2 aromatic rings. The molecule has 0 N–H and O–H groups in total. The largest absolute Gasteiger partial charge is 0.232 e. The van der Waals surface area contributed by atoms with Crippen LogP contribution in [0.2, 0.25) is 0 Å². The van der Waals surface area contributed by atoms with Gasteiger partial charge in [0.1, 0.15) is 0 Å². The van der Waals surface area contributed by atoms with Gasteiger partial charge in [-0.15, -0.1) is 0 Å². The molecule has 2 rings (SSSR count). The van der Waals surface area contributed by atoms with Crippen molar-refractivity contribution in [3.63, 3.8) is 0 Å². The van der Waals surface area contributed by atoms with Gasteiger partial charge in [-0.05, 0) is 11.1 Å². The van der Waals surface area contributed by atoms with Crippen LogP contribution < -0.4 is 0 Å². The van der Waals surface area contributed by atoms with Crippen molar-refractivity contribution in [2.75, 3.05) is 5.33 Å². The van der Waals surface area contributed by atoms with E-state index in [0.29, 0.717) is 11.1 Å². The number of alkyl halides is 2. The fourth-order valence-corrected chi connectivity index (χ4v) is 2.37. The Morgan fingerprint density at radius 2 is 1.19 bits per heavy atom. The van der Waals surface area contributed by atoms with E-state index >= 15 is 0 Å². The lowest BCUT2D eigenvalue weighted by Gasteiger charge is -2.24. The highest BCUT2D eigenvalue weighted by atomic mass is 79.9. The van der Waals surface area contributed by atoms with E-state index in [2.05, 4.69) is 15.9 Å². The van der Waals surface area contributed by atoms with Crippen molar-refractivity contribution in [3.8, 4) is 0 Å². The number of halogens is 2. The monoisotopic (exact) mass is 278 g/mol. The van der Waals surface area contributed by atoms with E-state index in [1.54, 1.807) is 0 Å². The van der Waals surface area contributed by atoms with E-state index in [1.165, 1.54) is 0 Å². The molecular weight excluding hydrogens is 267 g/mol. The number of hydrogen-bond donors (Lipinski definition) is 0. The van der Waals surface area contributed by atoms with Crippen molar-refractivity contribution in [3.05, 3.63) is 71.8 Å². The molecule has 0 aliphatic rings. The third kappa shape index (κ3) is 2.03. The summed E-state index contributed by atoms with van der Waals surface area (Å²) in [6.07, 6.45) is 0. The second-order valence-electron chi connectivity index (χ2n) is 3.67. The predicted octanol–water partition coefficient (Wildman–Crippen LogP) is 4.29. The van der Waals surface area contributed by atoms with Crippen LogP contribution in [0.5, 0.6) is 0 Å². The first-order chi connectivity index (χ1) is 7.77. The average Bonchev–Trinajstić information content (AvgIpc) is 2.40. The second kappa shape index (κ2) is 4.79. The highest BCUT2D eigenvalue weighted by Crippen LogP contribution is 2.35. The third-order valence-corrected chi connectivity index (χ3v) is 3.42. The molecule has 0 amide bonds. The summed E-state index contributed by atoms with van der Waals surface area (Å²) in [6, 6.07) is 18.5. The van der Waals surface area contributed by atoms with Crippen molar-refractivity contribution < 1.29 is 4.39 Å². The molecule has 0 atom stereocenters. The lowest BCUT2D eigenvalue weighted by Crippen LogP contribution is -2.23. The Labute approximate surface area is 103 Å². The van der Waals surface area contributed by atoms with Crippen molar-refractivity contribution >= 4 is 15.9 Å². The summed E-state index contributed by atoms with van der Waals surface area (Å²) in [6.45, 7) is 0. The van der Waals surface area contributed by atoms with Crippen LogP contribution in [0.1, 0.15) is 11.1 Å². The van der Waals surface area contributed by atoms with E-state index in [4.69, 9.17) is 0 Å². The summed E-state index contributed by atoms with van der Waals surface area (Å²) in [5.74, 6) is 0. The Bertz CT molecular complexity index is 399. The van der Waals surface area contributed by atoms with Gasteiger partial charge in [-0.25, -0.2) is 4.39 Å². The summed E-state index contributed by atoms with van der Waals surface area (Å²) in [5, 5.41) is 0.258. The van der Waals surface area contributed by atoms with E-state index in [0.717, 1.165) is 0 Å². The van der Waals surface area contributed by atoms with Crippen LogP contribution in [0.15, 0.2) is 60.7 Å². The number of benzene rings is 2. The van der Waals surface area contributed by atoms with Gasteiger partial charge in [0.05, 0.1) is 0 Å². The van der Waals surface area contributed by atoms with Gasteiger partial charge in [0.2, 0.25) is 0 Å². The minimum atomic E-state index is -1.46. The maximum Gasteiger partial charge on any atom is 0.170 e. The molecule has 0 heterocycles. The van der Waals surface area contributed by atoms with E-state index < -0.39 is 5.67 Å². The van der Waals surface area contributed by atoms with Gasteiger partial charge in [-0.2, -0.15) is 0 Å². The summed E-state index contributed by atoms with van der Waals surface area (Å²) in [4.78, 5) is 0. The van der Waals surface area contributed by atoms with Crippen molar-refractivity contribution in [2.24, 2.45) is 0 Å². The van der Waals surface area contributed by atoms with E-state index in [1.807, 2.05) is 60.7 Å². The van der Waals surface area contributed by atoms with Gasteiger partial charge in [0.25, 0.3) is 0 Å². The minimum absolute atomic E-state index is 0.258. The third-order valence-electron chi connectivity index (χ3n) is 2.65. The van der Waals surface area contributed by atoms with Gasteiger partial charge < -0.3 is 0 Å². The zero-order chi connectivity index (χ0) is 11.4. The number of rotatable bonds is 3. The molecule has 0 fully saturated rings. The Kier molecular flexibility index (Phi) is 3.39. The molecule has 0 aliphatic heterocycles. The molecule has 0 spiro atoms. The zero-order valence-corrected chi connectivity index (χ0v) is 10.3. The number of hydrogen-bond acceptors (Lipinski definition) is 0. The van der Waals surface area contributed by atoms with Crippen LogP contribution in [0.25, 0.3) is 0 Å². The molecule has 0 saturated carbocycles. The maximum absolute atomic E-state index is 14.9. The lowest BCUT2D eigenvalue weighted by atomic mass is 9.90. The first-order valence-corrected chi connectivity index (χ1v) is 6.25. The molecule has 0 unspecified atom stereocenters. The van der Waals surface area contributed by atoms with Crippen LogP contribution in [0.4, 0.5) is 4.39 Å². The quantitative estimate of drug-likeness (QED) is 0.735. The summed E-state index contributed by atoms with van der Waals surface area (Å²) >= 11 is 3.27. The molecule has 0 radical (unpaired) electrons. The van der Waals surface area contributed by atoms with Crippen LogP contribution in [0, 0.1) is 0 Å². The van der Waals surface area contributed by atoms with Crippen LogP contribution in [-0.2, 0) is 5.67 Å². The first-order valence-electron chi connectivity index (χ1n) is 5.13. The molecule has 2 heteroatoms. The van der Waals surface area contributed by atoms with E-state index in [-0.39, 0.29) is 5.33 Å². The van der Waals surface area contributed by atoms with Gasteiger partial charge in [-0.3, -0.25) is 0 Å². The summed E-state index contributed by atoms with van der Waals surface area (Å²) < 4.78 is 14.9. The minimum Gasteiger partial charge on any atom is -0.232 e. The standard InChI is InChI=1S/C14H12BrF/c15-11-14(16,12-7-3-1-4-8-12)13-9-5-2-6-10-13/h1-10H,11H2. The van der Waals surface area contributed by atoms with Gasteiger partial charge in [0.15, 0.2) is 5.67 Å². The van der Waals surface area contributed by atoms with Crippen molar-refractivity contribution in [1.29, 1.82) is 0 Å². The molecule has 0 saturated heterocycles. The Morgan fingerprint density at radius 1 is 0.812 bits per heavy atom. The maximum atomic E-state index is 14.9. The highest BCUT2D eigenvalue weighted by molar-refractivity contribution is 9.09. The van der Waals surface area contributed by atoms with Crippen LogP contribution >= 0.6 is 15.9 Å². The summed E-state index contributed by atoms with van der Waals surface area (Å²) in [7, 11) is 0. The molecule has 0 aromatic heterocycles.